The van der Waals surface area contributed by atoms with Crippen LogP contribution in [0.15, 0.2) is 18.2 Å². The Hall–Kier alpha value is -0.860. The molecular formula is C17H29NO. The van der Waals surface area contributed by atoms with Gasteiger partial charge in [0.15, 0.2) is 0 Å². The highest BCUT2D eigenvalue weighted by Gasteiger charge is 2.27. The van der Waals surface area contributed by atoms with Crippen molar-refractivity contribution >= 4 is 0 Å². The molecule has 19 heavy (non-hydrogen) atoms. The highest BCUT2D eigenvalue weighted by molar-refractivity contribution is 5.31. The van der Waals surface area contributed by atoms with Crippen LogP contribution >= 0.6 is 0 Å². The van der Waals surface area contributed by atoms with Gasteiger partial charge in [0.2, 0.25) is 0 Å². The molecular weight excluding hydrogens is 234 g/mol. The van der Waals surface area contributed by atoms with Gasteiger partial charge in [0, 0.05) is 11.6 Å². The topological polar surface area (TPSA) is 32.3 Å². The van der Waals surface area contributed by atoms with Crippen LogP contribution in [0.5, 0.6) is 0 Å². The fourth-order valence-electron chi connectivity index (χ4n) is 2.27. The number of hydrogen-bond donors (Lipinski definition) is 2. The minimum Gasteiger partial charge on any atom is -0.387 e. The van der Waals surface area contributed by atoms with E-state index in [1.54, 1.807) is 0 Å². The zero-order valence-corrected chi connectivity index (χ0v) is 13.4. The molecule has 0 aliphatic rings. The minimum absolute atomic E-state index is 0.00431. The maximum Gasteiger partial charge on any atom is 0.0945 e. The van der Waals surface area contributed by atoms with Crippen LogP contribution in [0.4, 0.5) is 0 Å². The van der Waals surface area contributed by atoms with Gasteiger partial charge in [0.1, 0.15) is 0 Å². The molecule has 0 aliphatic heterocycles. The number of hydrogen-bond acceptors (Lipinski definition) is 2. The van der Waals surface area contributed by atoms with Crippen molar-refractivity contribution < 1.29 is 5.11 Å². The summed E-state index contributed by atoms with van der Waals surface area (Å²) in [5, 5.41) is 14.2. The summed E-state index contributed by atoms with van der Waals surface area (Å²) in [4.78, 5) is 0. The van der Waals surface area contributed by atoms with E-state index in [0.717, 1.165) is 5.56 Å². The zero-order valence-electron chi connectivity index (χ0n) is 13.4. The van der Waals surface area contributed by atoms with Gasteiger partial charge >= 0.3 is 0 Å². The third kappa shape index (κ3) is 4.63. The second kappa shape index (κ2) is 6.06. The van der Waals surface area contributed by atoms with Crippen molar-refractivity contribution in [1.82, 2.24) is 5.32 Å². The maximum atomic E-state index is 10.7. The molecule has 0 saturated heterocycles. The molecule has 0 aliphatic carbocycles. The summed E-state index contributed by atoms with van der Waals surface area (Å²) in [6.45, 7) is 14.9. The molecule has 0 bridgehead atoms. The third-order valence-corrected chi connectivity index (χ3v) is 3.53. The highest BCUT2D eigenvalue weighted by Crippen LogP contribution is 2.25. The summed E-state index contributed by atoms with van der Waals surface area (Å²) in [6, 6.07) is 6.27. The van der Waals surface area contributed by atoms with E-state index >= 15 is 0 Å². The second-order valence-electron chi connectivity index (χ2n) is 6.95. The molecule has 0 aromatic heterocycles. The van der Waals surface area contributed by atoms with Gasteiger partial charge in [-0.2, -0.15) is 0 Å². The number of rotatable bonds is 4. The average Bonchev–Trinajstić information content (AvgIpc) is 2.27. The lowest BCUT2D eigenvalue weighted by molar-refractivity contribution is 0.0893. The number of aliphatic hydroxyl groups excluding tert-OH is 1. The molecule has 1 aromatic carbocycles. The fourth-order valence-corrected chi connectivity index (χ4v) is 2.27. The van der Waals surface area contributed by atoms with E-state index in [2.05, 4.69) is 65.9 Å². The molecule has 1 aromatic rings. The van der Waals surface area contributed by atoms with Crippen LogP contribution in [0.3, 0.4) is 0 Å². The van der Waals surface area contributed by atoms with Crippen LogP contribution in [-0.2, 0) is 0 Å². The molecule has 2 N–H and O–H groups in total. The van der Waals surface area contributed by atoms with E-state index in [0.29, 0.717) is 5.92 Å². The smallest absolute Gasteiger partial charge is 0.0945 e. The predicted octanol–water partition coefficient (Wildman–Crippen LogP) is 3.75. The highest BCUT2D eigenvalue weighted by atomic mass is 16.3. The first-order chi connectivity index (χ1) is 8.61. The molecule has 0 amide bonds. The lowest BCUT2D eigenvalue weighted by atomic mass is 9.90. The van der Waals surface area contributed by atoms with E-state index in [4.69, 9.17) is 0 Å². The first-order valence-corrected chi connectivity index (χ1v) is 7.14. The van der Waals surface area contributed by atoms with Gasteiger partial charge < -0.3 is 10.4 Å². The Morgan fingerprint density at radius 1 is 1.05 bits per heavy atom. The molecule has 0 spiro atoms. The first kappa shape index (κ1) is 16.2. The van der Waals surface area contributed by atoms with Crippen LogP contribution in [0.2, 0.25) is 0 Å². The average molecular weight is 263 g/mol. The van der Waals surface area contributed by atoms with Crippen LogP contribution < -0.4 is 5.32 Å². The summed E-state index contributed by atoms with van der Waals surface area (Å²) >= 11 is 0. The fraction of sp³-hybridized carbons (Fsp3) is 0.647. The van der Waals surface area contributed by atoms with Crippen molar-refractivity contribution in [2.24, 2.45) is 5.92 Å². The zero-order chi connectivity index (χ0) is 14.8. The summed E-state index contributed by atoms with van der Waals surface area (Å²) in [7, 11) is 0. The SMILES string of the molecule is Cc1ccc(C(O)C(NC(C)(C)C)C(C)C)cc1C. The molecule has 0 saturated carbocycles. The Morgan fingerprint density at radius 2 is 1.63 bits per heavy atom. The van der Waals surface area contributed by atoms with Gasteiger partial charge in [0.25, 0.3) is 0 Å². The van der Waals surface area contributed by atoms with E-state index < -0.39 is 6.10 Å². The van der Waals surface area contributed by atoms with E-state index in [1.807, 2.05) is 6.07 Å². The molecule has 0 radical (unpaired) electrons. The summed E-state index contributed by atoms with van der Waals surface area (Å²) < 4.78 is 0. The molecule has 2 atom stereocenters. The summed E-state index contributed by atoms with van der Waals surface area (Å²) in [5.41, 5.74) is 3.49. The molecule has 0 heterocycles. The molecule has 2 unspecified atom stereocenters. The minimum atomic E-state index is -0.474. The van der Waals surface area contributed by atoms with E-state index in [1.165, 1.54) is 11.1 Å². The lowest BCUT2D eigenvalue weighted by Gasteiger charge is -2.34. The predicted molar refractivity (Wildman–Crippen MR) is 82.4 cm³/mol. The number of nitrogens with one attached hydrogen (secondary N) is 1. The van der Waals surface area contributed by atoms with Crippen LogP contribution in [0.1, 0.15) is 57.4 Å². The molecule has 2 heteroatoms. The Kier molecular flexibility index (Phi) is 5.17. The van der Waals surface area contributed by atoms with Crippen LogP contribution in [0.25, 0.3) is 0 Å². The van der Waals surface area contributed by atoms with Gasteiger partial charge in [-0.05, 0) is 57.2 Å². The van der Waals surface area contributed by atoms with Crippen molar-refractivity contribution in [3.63, 3.8) is 0 Å². The van der Waals surface area contributed by atoms with Crippen molar-refractivity contribution in [3.8, 4) is 0 Å². The molecule has 2 nitrogen and oxygen atoms in total. The van der Waals surface area contributed by atoms with Gasteiger partial charge in [-0.1, -0.05) is 32.0 Å². The Labute approximate surface area is 118 Å². The van der Waals surface area contributed by atoms with Crippen molar-refractivity contribution in [1.29, 1.82) is 0 Å². The molecule has 108 valence electrons. The van der Waals surface area contributed by atoms with Gasteiger partial charge in [-0.25, -0.2) is 0 Å². The Bertz CT molecular complexity index is 418. The molecule has 0 fully saturated rings. The maximum absolute atomic E-state index is 10.7. The largest absolute Gasteiger partial charge is 0.387 e. The number of aryl methyl sites for hydroxylation is 2. The van der Waals surface area contributed by atoms with Crippen molar-refractivity contribution in [2.75, 3.05) is 0 Å². The van der Waals surface area contributed by atoms with E-state index in [-0.39, 0.29) is 11.6 Å². The van der Waals surface area contributed by atoms with E-state index in [9.17, 15) is 5.11 Å². The van der Waals surface area contributed by atoms with Gasteiger partial charge in [-0.3, -0.25) is 0 Å². The van der Waals surface area contributed by atoms with Crippen LogP contribution in [0, 0.1) is 19.8 Å². The second-order valence-corrected chi connectivity index (χ2v) is 6.95. The van der Waals surface area contributed by atoms with Crippen molar-refractivity contribution in [3.05, 3.63) is 34.9 Å². The summed E-state index contributed by atoms with van der Waals surface area (Å²) in [5.74, 6) is 0.371. The lowest BCUT2D eigenvalue weighted by Crippen LogP contribution is -2.49. The number of benzene rings is 1. The van der Waals surface area contributed by atoms with Crippen LogP contribution in [-0.4, -0.2) is 16.7 Å². The first-order valence-electron chi connectivity index (χ1n) is 7.14. The normalized spacial score (nSPS) is 15.6. The summed E-state index contributed by atoms with van der Waals surface area (Å²) in [6.07, 6.45) is -0.474. The third-order valence-electron chi connectivity index (χ3n) is 3.53. The monoisotopic (exact) mass is 263 g/mol. The number of aliphatic hydroxyl groups is 1. The van der Waals surface area contributed by atoms with Gasteiger partial charge in [0.05, 0.1) is 6.10 Å². The Morgan fingerprint density at radius 3 is 2.05 bits per heavy atom. The Balaban J connectivity index is 2.99. The standard InChI is InChI=1S/C17H29NO/c1-11(2)15(18-17(5,6)7)16(19)14-9-8-12(3)13(4)10-14/h8-11,15-16,18-19H,1-7H3. The quantitative estimate of drug-likeness (QED) is 0.867. The molecule has 1 rings (SSSR count). The van der Waals surface area contributed by atoms with Crippen molar-refractivity contribution in [2.45, 2.75) is 66.2 Å². The van der Waals surface area contributed by atoms with Gasteiger partial charge in [-0.15, -0.1) is 0 Å².